The molecule has 0 radical (unpaired) electrons. The smallest absolute Gasteiger partial charge is 0.326 e. The van der Waals surface area contributed by atoms with Gasteiger partial charge in [0, 0.05) is 17.1 Å². The van der Waals surface area contributed by atoms with Crippen molar-refractivity contribution in [1.82, 2.24) is 0 Å². The number of anilines is 1. The lowest BCUT2D eigenvalue weighted by Gasteiger charge is -2.38. The third-order valence-electron chi connectivity index (χ3n) is 3.96. The minimum absolute atomic E-state index is 0.0130. The van der Waals surface area contributed by atoms with Gasteiger partial charge in [-0.25, -0.2) is 0 Å². The molecule has 2 aliphatic rings. The van der Waals surface area contributed by atoms with E-state index in [-0.39, 0.29) is 22.2 Å². The molecule has 6 heteroatoms. The maximum atomic E-state index is 13.8. The molecule has 0 spiro atoms. The first-order chi connectivity index (χ1) is 9.82. The predicted octanol–water partition coefficient (Wildman–Crippen LogP) is 4.45. The standard InChI is InChI=1S/C15H13ClF3NO/c16-10-3-4-12-11(7-10)14(15(17,18)19,8-13(21)20-12)6-5-9-1-2-9/h3-7,9H,1-2,8H2,(H,20,21)/b6-5+. The van der Waals surface area contributed by atoms with Crippen molar-refractivity contribution in [2.75, 3.05) is 5.32 Å². The summed E-state index contributed by atoms with van der Waals surface area (Å²) in [6, 6.07) is 4.18. The van der Waals surface area contributed by atoms with Crippen LogP contribution in [0.5, 0.6) is 0 Å². The maximum absolute atomic E-state index is 13.8. The number of fused-ring (bicyclic) bond motifs is 1. The summed E-state index contributed by atoms with van der Waals surface area (Å²) in [5, 5.41) is 2.71. The van der Waals surface area contributed by atoms with Crippen LogP contribution in [-0.4, -0.2) is 12.1 Å². The Morgan fingerprint density at radius 3 is 2.67 bits per heavy atom. The minimum atomic E-state index is -4.56. The van der Waals surface area contributed by atoms with Crippen molar-refractivity contribution in [3.05, 3.63) is 40.9 Å². The van der Waals surface area contributed by atoms with Crippen LogP contribution in [0.15, 0.2) is 30.4 Å². The molecule has 1 atom stereocenters. The Morgan fingerprint density at radius 2 is 2.05 bits per heavy atom. The van der Waals surface area contributed by atoms with Gasteiger partial charge in [0.15, 0.2) is 0 Å². The fraction of sp³-hybridized carbons (Fsp3) is 0.400. The van der Waals surface area contributed by atoms with Crippen LogP contribution in [0.1, 0.15) is 24.8 Å². The number of hydrogen-bond acceptors (Lipinski definition) is 1. The van der Waals surface area contributed by atoms with Gasteiger partial charge in [-0.05, 0) is 42.5 Å². The van der Waals surface area contributed by atoms with E-state index in [1.54, 1.807) is 6.08 Å². The van der Waals surface area contributed by atoms with E-state index in [0.29, 0.717) is 0 Å². The van der Waals surface area contributed by atoms with Crippen molar-refractivity contribution >= 4 is 23.2 Å². The van der Waals surface area contributed by atoms with Crippen molar-refractivity contribution in [2.24, 2.45) is 5.92 Å². The molecule has 0 aromatic heterocycles. The van der Waals surface area contributed by atoms with E-state index in [0.717, 1.165) is 18.9 Å². The molecule has 0 saturated heterocycles. The molecule has 1 unspecified atom stereocenters. The summed E-state index contributed by atoms with van der Waals surface area (Å²) >= 11 is 5.86. The van der Waals surface area contributed by atoms with Gasteiger partial charge in [0.25, 0.3) is 0 Å². The average Bonchev–Trinajstić information content (AvgIpc) is 3.19. The average molecular weight is 316 g/mol. The molecule has 1 aliphatic heterocycles. The number of amides is 1. The molecular formula is C15H13ClF3NO. The van der Waals surface area contributed by atoms with Gasteiger partial charge in [0.2, 0.25) is 5.91 Å². The van der Waals surface area contributed by atoms with Crippen molar-refractivity contribution in [2.45, 2.75) is 30.9 Å². The Labute approximate surface area is 125 Å². The predicted molar refractivity (Wildman–Crippen MR) is 74.3 cm³/mol. The molecule has 112 valence electrons. The zero-order chi connectivity index (χ0) is 15.3. The monoisotopic (exact) mass is 315 g/mol. The summed E-state index contributed by atoms with van der Waals surface area (Å²) in [4.78, 5) is 11.8. The number of allylic oxidation sites excluding steroid dienone is 2. The number of nitrogens with one attached hydrogen (secondary N) is 1. The fourth-order valence-corrected chi connectivity index (χ4v) is 2.79. The van der Waals surface area contributed by atoms with Crippen molar-refractivity contribution in [3.8, 4) is 0 Å². The van der Waals surface area contributed by atoms with Crippen LogP contribution >= 0.6 is 11.6 Å². The second-order valence-electron chi connectivity index (χ2n) is 5.58. The third-order valence-corrected chi connectivity index (χ3v) is 4.19. The fourth-order valence-electron chi connectivity index (χ4n) is 2.62. The van der Waals surface area contributed by atoms with Crippen LogP contribution < -0.4 is 5.32 Å². The van der Waals surface area contributed by atoms with Crippen LogP contribution in [-0.2, 0) is 10.2 Å². The second-order valence-corrected chi connectivity index (χ2v) is 6.02. The molecule has 1 aromatic carbocycles. The van der Waals surface area contributed by atoms with E-state index in [9.17, 15) is 18.0 Å². The molecule has 2 nitrogen and oxygen atoms in total. The van der Waals surface area contributed by atoms with Crippen molar-refractivity contribution in [1.29, 1.82) is 0 Å². The zero-order valence-electron chi connectivity index (χ0n) is 11.0. The highest BCUT2D eigenvalue weighted by atomic mass is 35.5. The quantitative estimate of drug-likeness (QED) is 0.803. The summed E-state index contributed by atoms with van der Waals surface area (Å²) in [6.07, 6.45) is -0.671. The van der Waals surface area contributed by atoms with Crippen molar-refractivity contribution in [3.63, 3.8) is 0 Å². The lowest BCUT2D eigenvalue weighted by atomic mass is 9.73. The second kappa shape index (κ2) is 4.77. The van der Waals surface area contributed by atoms with Gasteiger partial charge in [0.05, 0.1) is 0 Å². The van der Waals surface area contributed by atoms with Crippen molar-refractivity contribution < 1.29 is 18.0 Å². The van der Waals surface area contributed by atoms with Gasteiger partial charge < -0.3 is 5.32 Å². The number of carbonyl (C=O) groups is 1. The topological polar surface area (TPSA) is 29.1 Å². The Morgan fingerprint density at radius 1 is 1.33 bits per heavy atom. The Balaban J connectivity index is 2.18. The van der Waals surface area contributed by atoms with E-state index in [2.05, 4.69) is 5.32 Å². The van der Waals surface area contributed by atoms with E-state index in [1.807, 2.05) is 0 Å². The van der Waals surface area contributed by atoms with Gasteiger partial charge in [0.1, 0.15) is 5.41 Å². The van der Waals surface area contributed by atoms with Gasteiger partial charge in [-0.15, -0.1) is 0 Å². The normalized spacial score (nSPS) is 25.8. The summed E-state index contributed by atoms with van der Waals surface area (Å²) in [6.45, 7) is 0. The summed E-state index contributed by atoms with van der Waals surface area (Å²) < 4.78 is 41.3. The summed E-state index contributed by atoms with van der Waals surface area (Å²) in [5.41, 5.74) is -2.11. The molecule has 1 N–H and O–H groups in total. The lowest BCUT2D eigenvalue weighted by molar-refractivity contribution is -0.180. The molecule has 0 bridgehead atoms. The lowest BCUT2D eigenvalue weighted by Crippen LogP contribution is -2.47. The van der Waals surface area contributed by atoms with Gasteiger partial charge in [-0.2, -0.15) is 13.2 Å². The molecule has 3 rings (SSSR count). The first kappa shape index (κ1) is 14.4. The molecule has 1 aliphatic carbocycles. The van der Waals surface area contributed by atoms with E-state index >= 15 is 0 Å². The van der Waals surface area contributed by atoms with Crippen LogP contribution in [0.3, 0.4) is 0 Å². The van der Waals surface area contributed by atoms with Crippen LogP contribution in [0.2, 0.25) is 5.02 Å². The molecule has 1 heterocycles. The largest absolute Gasteiger partial charge is 0.402 e. The van der Waals surface area contributed by atoms with Crippen LogP contribution in [0, 0.1) is 5.92 Å². The SMILES string of the molecule is O=C1CC(/C=C/C2CC2)(C(F)(F)F)c2cc(Cl)ccc2N1. The number of benzene rings is 1. The van der Waals surface area contributed by atoms with E-state index in [1.165, 1.54) is 18.2 Å². The van der Waals surface area contributed by atoms with Gasteiger partial charge >= 0.3 is 6.18 Å². The maximum Gasteiger partial charge on any atom is 0.402 e. The first-order valence-corrected chi connectivity index (χ1v) is 7.05. The first-order valence-electron chi connectivity index (χ1n) is 6.68. The summed E-state index contributed by atoms with van der Waals surface area (Å²) in [5.74, 6) is -0.445. The van der Waals surface area contributed by atoms with E-state index < -0.39 is 23.9 Å². The Kier molecular flexibility index (Phi) is 3.28. The third kappa shape index (κ3) is 2.55. The number of alkyl halides is 3. The van der Waals surface area contributed by atoms with Gasteiger partial charge in [-0.1, -0.05) is 23.8 Å². The molecule has 1 saturated carbocycles. The molecule has 21 heavy (non-hydrogen) atoms. The summed E-state index contributed by atoms with van der Waals surface area (Å²) in [7, 11) is 0. The Bertz CT molecular complexity index is 622. The number of carbonyl (C=O) groups excluding carboxylic acids is 1. The van der Waals surface area contributed by atoms with Gasteiger partial charge in [-0.3, -0.25) is 4.79 Å². The number of hydrogen-bond donors (Lipinski definition) is 1. The molecule has 1 aromatic rings. The van der Waals surface area contributed by atoms with E-state index in [4.69, 9.17) is 11.6 Å². The van der Waals surface area contributed by atoms with Crippen LogP contribution in [0.25, 0.3) is 0 Å². The molecule has 1 fully saturated rings. The zero-order valence-corrected chi connectivity index (χ0v) is 11.8. The highest BCUT2D eigenvalue weighted by Crippen LogP contribution is 2.51. The highest BCUT2D eigenvalue weighted by molar-refractivity contribution is 6.30. The molecular weight excluding hydrogens is 303 g/mol. The highest BCUT2D eigenvalue weighted by Gasteiger charge is 2.58. The Hall–Kier alpha value is -1.49. The van der Waals surface area contributed by atoms with Crippen LogP contribution in [0.4, 0.5) is 18.9 Å². The molecule has 1 amide bonds. The minimum Gasteiger partial charge on any atom is -0.326 e. The number of halogens is 4. The number of rotatable bonds is 2.